The molecule has 0 aliphatic carbocycles. The van der Waals surface area contributed by atoms with Crippen LogP contribution in [0.3, 0.4) is 0 Å². The smallest absolute Gasteiger partial charge is 0.157 e. The maximum atomic E-state index is 6.12. The fourth-order valence-corrected chi connectivity index (χ4v) is 3.11. The Labute approximate surface area is 128 Å². The lowest BCUT2D eigenvalue weighted by Crippen LogP contribution is -2.18. The molecule has 1 heterocycles. The van der Waals surface area contributed by atoms with E-state index >= 15 is 0 Å². The van der Waals surface area contributed by atoms with E-state index < -0.39 is 8.07 Å². The van der Waals surface area contributed by atoms with Gasteiger partial charge in [0.15, 0.2) is 11.7 Å². The molecule has 0 radical (unpaired) electrons. The number of rotatable bonds is 2. The third-order valence-electron chi connectivity index (χ3n) is 3.60. The summed E-state index contributed by atoms with van der Waals surface area (Å²) in [7, 11) is -1.39. The van der Waals surface area contributed by atoms with Crippen LogP contribution in [0.15, 0.2) is 60.7 Å². The first-order valence-electron chi connectivity index (χ1n) is 7.34. The summed E-state index contributed by atoms with van der Waals surface area (Å²) in [5.74, 6) is 3.37. The van der Waals surface area contributed by atoms with Gasteiger partial charge in [-0.25, -0.2) is 0 Å². The first-order valence-corrected chi connectivity index (χ1v) is 10.8. The van der Waals surface area contributed by atoms with Gasteiger partial charge in [-0.05, 0) is 11.1 Å². The van der Waals surface area contributed by atoms with Gasteiger partial charge in [0.1, 0.15) is 8.07 Å². The Hall–Kier alpha value is -1.82. The first kappa shape index (κ1) is 14.1. The highest BCUT2D eigenvalue weighted by atomic mass is 28.3. The van der Waals surface area contributed by atoms with Crippen molar-refractivity contribution in [3.05, 3.63) is 71.8 Å². The fraction of sp³-hybridized carbons (Fsp3) is 0.263. The van der Waals surface area contributed by atoms with Gasteiger partial charge in [-0.3, -0.25) is 0 Å². The zero-order chi connectivity index (χ0) is 14.9. The zero-order valence-electron chi connectivity index (χ0n) is 12.8. The van der Waals surface area contributed by atoms with Crippen molar-refractivity contribution in [3.63, 3.8) is 0 Å². The van der Waals surface area contributed by atoms with E-state index in [4.69, 9.17) is 4.74 Å². The molecule has 0 bridgehead atoms. The summed E-state index contributed by atoms with van der Waals surface area (Å²) in [5.41, 5.74) is 5.43. The van der Waals surface area contributed by atoms with Crippen LogP contribution < -0.4 is 0 Å². The summed E-state index contributed by atoms with van der Waals surface area (Å²) in [4.78, 5) is 0. The van der Waals surface area contributed by atoms with Crippen molar-refractivity contribution in [2.24, 2.45) is 0 Å². The van der Waals surface area contributed by atoms with Crippen molar-refractivity contribution in [1.82, 2.24) is 0 Å². The molecule has 1 fully saturated rings. The highest BCUT2D eigenvalue weighted by Gasteiger charge is 2.58. The van der Waals surface area contributed by atoms with Crippen molar-refractivity contribution < 1.29 is 4.74 Å². The molecule has 1 saturated heterocycles. The average molecular weight is 292 g/mol. The summed E-state index contributed by atoms with van der Waals surface area (Å²) >= 11 is 0. The van der Waals surface area contributed by atoms with Crippen molar-refractivity contribution >= 4 is 8.07 Å². The Morgan fingerprint density at radius 2 is 1.33 bits per heavy atom. The van der Waals surface area contributed by atoms with Crippen LogP contribution in [0.4, 0.5) is 0 Å². The van der Waals surface area contributed by atoms with Gasteiger partial charge < -0.3 is 4.74 Å². The van der Waals surface area contributed by atoms with Gasteiger partial charge in [-0.15, -0.1) is 5.54 Å². The van der Waals surface area contributed by atoms with Crippen LogP contribution in [-0.4, -0.2) is 14.2 Å². The highest BCUT2D eigenvalue weighted by Crippen LogP contribution is 2.51. The van der Waals surface area contributed by atoms with E-state index in [1.165, 1.54) is 11.1 Å². The maximum Gasteiger partial charge on any atom is 0.157 e. The molecule has 0 saturated carbocycles. The Morgan fingerprint density at radius 1 is 0.857 bits per heavy atom. The predicted octanol–water partition coefficient (Wildman–Crippen LogP) is 4.21. The van der Waals surface area contributed by atoms with Crippen LogP contribution in [0.1, 0.15) is 11.1 Å². The molecule has 21 heavy (non-hydrogen) atoms. The lowest BCUT2D eigenvalue weighted by atomic mass is 9.88. The van der Waals surface area contributed by atoms with Crippen LogP contribution in [0.5, 0.6) is 0 Å². The second-order valence-corrected chi connectivity index (χ2v) is 11.2. The number of benzene rings is 2. The van der Waals surface area contributed by atoms with Crippen LogP contribution in [0.2, 0.25) is 19.6 Å². The number of hydrogen-bond donors (Lipinski definition) is 0. The molecule has 1 aliphatic heterocycles. The van der Waals surface area contributed by atoms with E-state index in [1.54, 1.807) is 0 Å². The molecule has 0 amide bonds. The van der Waals surface area contributed by atoms with Gasteiger partial charge in [-0.1, -0.05) is 86.2 Å². The van der Waals surface area contributed by atoms with Crippen LogP contribution >= 0.6 is 0 Å². The monoisotopic (exact) mass is 292 g/mol. The Kier molecular flexibility index (Phi) is 3.48. The van der Waals surface area contributed by atoms with E-state index in [9.17, 15) is 0 Å². The normalized spacial score (nSPS) is 19.5. The largest absolute Gasteiger partial charge is 0.342 e. The summed E-state index contributed by atoms with van der Waals surface area (Å²) in [6.45, 7) is 6.78. The van der Waals surface area contributed by atoms with Crippen molar-refractivity contribution in [1.29, 1.82) is 0 Å². The second-order valence-electron chi connectivity index (χ2n) is 6.48. The van der Waals surface area contributed by atoms with Crippen molar-refractivity contribution in [2.45, 2.75) is 31.3 Å². The Morgan fingerprint density at radius 3 is 1.76 bits per heavy atom. The van der Waals surface area contributed by atoms with E-state index in [0.717, 1.165) is 0 Å². The van der Waals surface area contributed by atoms with E-state index in [1.807, 2.05) is 12.1 Å². The molecule has 1 atom stereocenters. The Balaban J connectivity index is 2.02. The quantitative estimate of drug-likeness (QED) is 0.459. The highest BCUT2D eigenvalue weighted by molar-refractivity contribution is 6.83. The van der Waals surface area contributed by atoms with Gasteiger partial charge in [0.2, 0.25) is 0 Å². The van der Waals surface area contributed by atoms with E-state index in [0.29, 0.717) is 0 Å². The molecule has 2 aromatic carbocycles. The molecule has 0 N–H and O–H groups in total. The lowest BCUT2D eigenvalue weighted by molar-refractivity contribution is 0.339. The standard InChI is InChI=1S/C19H20OSi/c1-21(2,3)15-14-18-19(20-18,16-10-6-4-7-11-16)17-12-8-5-9-13-17/h4-13,18H,1-3H3/t18-/m1/s1. The van der Waals surface area contributed by atoms with Gasteiger partial charge in [-0.2, -0.15) is 0 Å². The summed E-state index contributed by atoms with van der Waals surface area (Å²) in [6, 6.07) is 20.8. The lowest BCUT2D eigenvalue weighted by Gasteiger charge is -2.13. The number of hydrogen-bond acceptors (Lipinski definition) is 1. The van der Waals surface area contributed by atoms with Crippen LogP contribution in [0.25, 0.3) is 0 Å². The first-order chi connectivity index (χ1) is 10.0. The third kappa shape index (κ3) is 2.81. The molecular formula is C19H20OSi. The fourth-order valence-electron chi connectivity index (χ4n) is 2.54. The van der Waals surface area contributed by atoms with Crippen molar-refractivity contribution in [2.75, 3.05) is 0 Å². The zero-order valence-corrected chi connectivity index (χ0v) is 13.8. The van der Waals surface area contributed by atoms with Gasteiger partial charge in [0.25, 0.3) is 0 Å². The van der Waals surface area contributed by atoms with E-state index in [-0.39, 0.29) is 11.7 Å². The van der Waals surface area contributed by atoms with Gasteiger partial charge in [0.05, 0.1) is 0 Å². The molecule has 2 heteroatoms. The Bertz CT molecular complexity index is 635. The number of ether oxygens (including phenoxy) is 1. The third-order valence-corrected chi connectivity index (χ3v) is 4.49. The maximum absolute atomic E-state index is 6.12. The molecule has 0 aromatic heterocycles. The SMILES string of the molecule is C[Si](C)(C)C#C[C@H]1OC1(c1ccccc1)c1ccccc1. The van der Waals surface area contributed by atoms with Crippen LogP contribution in [0, 0.1) is 11.5 Å². The molecule has 2 aromatic rings. The molecule has 106 valence electrons. The minimum absolute atomic E-state index is 0.0333. The molecule has 1 aliphatic rings. The topological polar surface area (TPSA) is 12.5 Å². The summed E-state index contributed by atoms with van der Waals surface area (Å²) in [5, 5.41) is 0. The minimum Gasteiger partial charge on any atom is -0.342 e. The summed E-state index contributed by atoms with van der Waals surface area (Å²) < 4.78 is 6.12. The molecule has 1 nitrogen and oxygen atoms in total. The minimum atomic E-state index is -1.39. The molecule has 0 spiro atoms. The van der Waals surface area contributed by atoms with E-state index in [2.05, 4.69) is 79.6 Å². The molecular weight excluding hydrogens is 272 g/mol. The van der Waals surface area contributed by atoms with Crippen LogP contribution in [-0.2, 0) is 10.3 Å². The van der Waals surface area contributed by atoms with Gasteiger partial charge >= 0.3 is 0 Å². The average Bonchev–Trinajstić information content (AvgIpc) is 3.22. The second kappa shape index (κ2) is 5.18. The van der Waals surface area contributed by atoms with Crippen molar-refractivity contribution in [3.8, 4) is 11.5 Å². The molecule has 3 rings (SSSR count). The molecule has 0 unspecified atom stereocenters. The van der Waals surface area contributed by atoms with Gasteiger partial charge in [0, 0.05) is 0 Å². The predicted molar refractivity (Wildman–Crippen MR) is 89.7 cm³/mol. The number of epoxide rings is 1. The summed E-state index contributed by atoms with van der Waals surface area (Å²) in [6.07, 6.45) is -0.0333.